The standard InChI is InChI=1S/C35H49N3O2/c1-33(37-40-32(39)25-13-19-38(20-14-25)23-24-6-7-24)16-17-34(2)27(21-33)8-9-28-30-11-10-29(26-5-4-18-36-22-26)35(30,3)15-12-31(28)34/h4-5,10,18,21-22,24-25,28,30-31,37H,6-9,11-17,19-20,23H2,1-3H3/t28-,30+,31+,33?,34+,35-/m1/s1. The van der Waals surface area contributed by atoms with Gasteiger partial charge in [0, 0.05) is 18.9 Å². The predicted octanol–water partition coefficient (Wildman–Crippen LogP) is 6.97. The van der Waals surface area contributed by atoms with Gasteiger partial charge in [0.25, 0.3) is 0 Å². The largest absolute Gasteiger partial charge is 0.370 e. The molecule has 1 aromatic rings. The fourth-order valence-corrected chi connectivity index (χ4v) is 9.77. The maximum absolute atomic E-state index is 13.0. The molecule has 5 aliphatic carbocycles. The van der Waals surface area contributed by atoms with E-state index in [4.69, 9.17) is 4.84 Å². The van der Waals surface area contributed by atoms with Gasteiger partial charge in [-0.2, -0.15) is 0 Å². The summed E-state index contributed by atoms with van der Waals surface area (Å²) in [6, 6.07) is 4.33. The van der Waals surface area contributed by atoms with Crippen molar-refractivity contribution in [2.75, 3.05) is 19.6 Å². The number of nitrogens with one attached hydrogen (secondary N) is 1. The molecule has 1 saturated heterocycles. The minimum Gasteiger partial charge on any atom is -0.370 e. The van der Waals surface area contributed by atoms with Gasteiger partial charge in [0.05, 0.1) is 11.5 Å². The topological polar surface area (TPSA) is 54.5 Å². The van der Waals surface area contributed by atoms with Crippen LogP contribution in [-0.2, 0) is 9.63 Å². The first-order valence-electron chi connectivity index (χ1n) is 16.3. The normalized spacial score (nSPS) is 39.9. The number of carbonyl (C=O) groups excluding carboxylic acids is 1. The lowest BCUT2D eigenvalue weighted by atomic mass is 9.46. The van der Waals surface area contributed by atoms with Crippen molar-refractivity contribution in [1.82, 2.24) is 15.4 Å². The number of rotatable bonds is 6. The third-order valence-electron chi connectivity index (χ3n) is 12.5. The third kappa shape index (κ3) is 4.69. The van der Waals surface area contributed by atoms with Gasteiger partial charge >= 0.3 is 5.97 Å². The summed E-state index contributed by atoms with van der Waals surface area (Å²) in [6.07, 6.45) is 22.1. The number of hydroxylamine groups is 1. The van der Waals surface area contributed by atoms with Crippen LogP contribution in [-0.4, -0.2) is 41.0 Å². The Balaban J connectivity index is 0.991. The molecule has 0 spiro atoms. The van der Waals surface area contributed by atoms with Crippen LogP contribution in [0.15, 0.2) is 42.3 Å². The van der Waals surface area contributed by atoms with E-state index in [0.717, 1.165) is 56.0 Å². The second kappa shape index (κ2) is 10.1. The van der Waals surface area contributed by atoms with Gasteiger partial charge in [0.2, 0.25) is 0 Å². The molecule has 7 rings (SSSR count). The van der Waals surface area contributed by atoms with E-state index >= 15 is 0 Å². The lowest BCUT2D eigenvalue weighted by molar-refractivity contribution is -0.162. The number of likely N-dealkylation sites (tertiary alicyclic amines) is 1. The Morgan fingerprint density at radius 1 is 1.02 bits per heavy atom. The van der Waals surface area contributed by atoms with Crippen molar-refractivity contribution in [3.63, 3.8) is 0 Å². The number of aromatic nitrogens is 1. The fourth-order valence-electron chi connectivity index (χ4n) is 9.77. The van der Waals surface area contributed by atoms with E-state index in [-0.39, 0.29) is 28.3 Å². The summed E-state index contributed by atoms with van der Waals surface area (Å²) in [4.78, 5) is 25.8. The van der Waals surface area contributed by atoms with Gasteiger partial charge in [-0.3, -0.25) is 9.78 Å². The number of piperidine rings is 1. The molecule has 6 atom stereocenters. The number of carbonyl (C=O) groups is 1. The van der Waals surface area contributed by atoms with Crippen molar-refractivity contribution in [2.24, 2.45) is 40.4 Å². The van der Waals surface area contributed by atoms with Crippen molar-refractivity contribution in [2.45, 2.75) is 96.9 Å². The average molecular weight is 544 g/mol. The van der Waals surface area contributed by atoms with Crippen LogP contribution in [0.25, 0.3) is 5.57 Å². The number of nitrogens with zero attached hydrogens (tertiary/aromatic N) is 2. The molecule has 1 aliphatic heterocycles. The molecule has 0 aromatic carbocycles. The lowest BCUT2D eigenvalue weighted by Gasteiger charge is -2.59. The smallest absolute Gasteiger partial charge is 0.327 e. The second-order valence-corrected chi connectivity index (χ2v) is 15.0. The summed E-state index contributed by atoms with van der Waals surface area (Å²) < 4.78 is 0. The van der Waals surface area contributed by atoms with Crippen LogP contribution in [0.2, 0.25) is 0 Å². The minimum atomic E-state index is -0.268. The van der Waals surface area contributed by atoms with E-state index in [1.54, 1.807) is 11.1 Å². The number of allylic oxidation sites excluding steroid dienone is 3. The van der Waals surface area contributed by atoms with Crippen molar-refractivity contribution in [3.8, 4) is 0 Å². The Morgan fingerprint density at radius 3 is 2.60 bits per heavy atom. The maximum atomic E-state index is 13.0. The molecule has 216 valence electrons. The first-order valence-corrected chi connectivity index (χ1v) is 16.3. The van der Waals surface area contributed by atoms with Gasteiger partial charge in [-0.1, -0.05) is 37.6 Å². The van der Waals surface area contributed by atoms with Crippen LogP contribution < -0.4 is 5.48 Å². The van der Waals surface area contributed by atoms with Gasteiger partial charge in [-0.25, -0.2) is 0 Å². The maximum Gasteiger partial charge on any atom is 0.327 e. The van der Waals surface area contributed by atoms with Crippen LogP contribution in [0.3, 0.4) is 0 Å². The van der Waals surface area contributed by atoms with E-state index < -0.39 is 0 Å². The van der Waals surface area contributed by atoms with Gasteiger partial charge in [-0.05, 0) is 142 Å². The number of fused-ring (bicyclic) bond motifs is 5. The van der Waals surface area contributed by atoms with Crippen LogP contribution in [0.4, 0.5) is 0 Å². The Kier molecular flexibility index (Phi) is 6.78. The molecular weight excluding hydrogens is 494 g/mol. The fraction of sp³-hybridized carbons (Fsp3) is 0.714. The highest BCUT2D eigenvalue weighted by Gasteiger charge is 2.57. The summed E-state index contributed by atoms with van der Waals surface area (Å²) in [5, 5.41) is 0. The first-order chi connectivity index (χ1) is 19.3. The monoisotopic (exact) mass is 543 g/mol. The highest BCUT2D eigenvalue weighted by Crippen LogP contribution is 2.67. The molecule has 4 fully saturated rings. The molecular formula is C35H49N3O2. The Bertz CT molecular complexity index is 1180. The summed E-state index contributed by atoms with van der Waals surface area (Å²) in [5.74, 6) is 3.18. The van der Waals surface area contributed by atoms with Crippen LogP contribution in [0.5, 0.6) is 0 Å². The Hall–Kier alpha value is -1.98. The number of pyridine rings is 1. The molecule has 3 saturated carbocycles. The summed E-state index contributed by atoms with van der Waals surface area (Å²) in [6.45, 7) is 10.6. The number of hydrogen-bond donors (Lipinski definition) is 1. The van der Waals surface area contributed by atoms with E-state index in [2.05, 4.69) is 66.6 Å². The summed E-state index contributed by atoms with van der Waals surface area (Å²) in [5.41, 5.74) is 8.04. The average Bonchev–Trinajstić information content (AvgIpc) is 3.71. The Morgan fingerprint density at radius 2 is 1.85 bits per heavy atom. The molecule has 1 unspecified atom stereocenters. The molecule has 5 heteroatoms. The lowest BCUT2D eigenvalue weighted by Crippen LogP contribution is -2.53. The molecule has 40 heavy (non-hydrogen) atoms. The highest BCUT2D eigenvalue weighted by atomic mass is 16.7. The summed E-state index contributed by atoms with van der Waals surface area (Å²) >= 11 is 0. The minimum absolute atomic E-state index is 0.0385. The van der Waals surface area contributed by atoms with E-state index in [0.29, 0.717) is 0 Å². The van der Waals surface area contributed by atoms with Crippen LogP contribution in [0.1, 0.15) is 97.0 Å². The second-order valence-electron chi connectivity index (χ2n) is 15.0. The molecule has 1 aromatic heterocycles. The predicted molar refractivity (Wildman–Crippen MR) is 159 cm³/mol. The van der Waals surface area contributed by atoms with Crippen molar-refractivity contribution in [1.29, 1.82) is 0 Å². The summed E-state index contributed by atoms with van der Waals surface area (Å²) in [7, 11) is 0. The molecule has 5 nitrogen and oxygen atoms in total. The van der Waals surface area contributed by atoms with Crippen molar-refractivity contribution >= 4 is 11.5 Å². The van der Waals surface area contributed by atoms with E-state index in [9.17, 15) is 4.79 Å². The molecule has 0 radical (unpaired) electrons. The van der Waals surface area contributed by atoms with E-state index in [1.165, 1.54) is 63.5 Å². The zero-order chi connectivity index (χ0) is 27.5. The first kappa shape index (κ1) is 26.9. The number of hydrogen-bond acceptors (Lipinski definition) is 5. The van der Waals surface area contributed by atoms with Gasteiger partial charge < -0.3 is 9.74 Å². The highest BCUT2D eigenvalue weighted by molar-refractivity contribution is 5.73. The van der Waals surface area contributed by atoms with Gasteiger partial charge in [0.1, 0.15) is 0 Å². The van der Waals surface area contributed by atoms with E-state index in [1.807, 2.05) is 6.20 Å². The zero-order valence-electron chi connectivity index (χ0n) is 25.0. The molecule has 0 bridgehead atoms. The quantitative estimate of drug-likeness (QED) is 0.310. The third-order valence-corrected chi connectivity index (χ3v) is 12.5. The molecule has 1 N–H and O–H groups in total. The Labute approximate surface area is 241 Å². The molecule has 0 amide bonds. The van der Waals surface area contributed by atoms with Gasteiger partial charge in [-0.15, -0.1) is 5.48 Å². The zero-order valence-corrected chi connectivity index (χ0v) is 25.0. The van der Waals surface area contributed by atoms with Crippen LogP contribution >= 0.6 is 0 Å². The van der Waals surface area contributed by atoms with Crippen molar-refractivity contribution in [3.05, 3.63) is 47.8 Å². The SMILES string of the molecule is CC1(NOC(=O)C2CCN(CC3CC3)CC2)C=C2CC[C@H]3[C@H](CC[C@]4(C)C(c5cccnc5)=CC[C@@H]34)[C@@]2(C)CC1. The molecule has 6 aliphatic rings. The van der Waals surface area contributed by atoms with Crippen LogP contribution in [0, 0.1) is 40.4 Å². The molecule has 2 heterocycles. The van der Waals surface area contributed by atoms with Gasteiger partial charge in [0.15, 0.2) is 0 Å². The van der Waals surface area contributed by atoms with Crippen molar-refractivity contribution < 1.29 is 9.63 Å².